The second-order valence-electron chi connectivity index (χ2n) is 8.40. The van der Waals surface area contributed by atoms with Crippen molar-refractivity contribution in [2.24, 2.45) is 5.10 Å². The highest BCUT2D eigenvalue weighted by Gasteiger charge is 2.14. The van der Waals surface area contributed by atoms with Crippen molar-refractivity contribution in [1.29, 1.82) is 0 Å². The number of rotatable bonds is 11. The van der Waals surface area contributed by atoms with Gasteiger partial charge in [-0.2, -0.15) is 5.10 Å². The Morgan fingerprint density at radius 3 is 2.38 bits per heavy atom. The van der Waals surface area contributed by atoms with Gasteiger partial charge < -0.3 is 18.9 Å². The fourth-order valence-corrected chi connectivity index (χ4v) is 4.67. The number of hydrogen-bond acceptors (Lipinski definition) is 6. The number of methoxy groups -OCH3 is 2. The summed E-state index contributed by atoms with van der Waals surface area (Å²) in [6, 6.07) is 23.4. The zero-order chi connectivity index (χ0) is 28.5. The van der Waals surface area contributed by atoms with E-state index in [4.69, 9.17) is 42.1 Å². The van der Waals surface area contributed by atoms with Gasteiger partial charge in [0.15, 0.2) is 23.0 Å². The predicted octanol–water partition coefficient (Wildman–Crippen LogP) is 7.70. The standard InChI is InChI=1S/C30H25BrCl2N2O5/c1-37-27-14-21(9-11-26(27)39-17-19-6-4-3-5-7-19)30(36)35-34-16-20-12-24(31)29(28(13-20)38-2)40-18-22-8-10-23(32)15-25(22)33/h3-16H,17-18H2,1-2H3,(H,35,36)/b34-16+. The van der Waals surface area contributed by atoms with E-state index in [0.29, 0.717) is 55.2 Å². The van der Waals surface area contributed by atoms with Crippen LogP contribution < -0.4 is 24.4 Å². The lowest BCUT2D eigenvalue weighted by atomic mass is 10.2. The SMILES string of the molecule is COc1cc(C(=O)N/N=C/c2cc(Br)c(OCc3ccc(Cl)cc3Cl)c(OC)c2)ccc1OCc1ccccc1. The van der Waals surface area contributed by atoms with Gasteiger partial charge in [-0.25, -0.2) is 5.43 Å². The average molecular weight is 644 g/mol. The molecule has 0 aliphatic heterocycles. The summed E-state index contributed by atoms with van der Waals surface area (Å²) < 4.78 is 23.4. The van der Waals surface area contributed by atoms with Crippen molar-refractivity contribution in [2.45, 2.75) is 13.2 Å². The largest absolute Gasteiger partial charge is 0.493 e. The van der Waals surface area contributed by atoms with Crippen LogP contribution in [-0.4, -0.2) is 26.3 Å². The first-order valence-corrected chi connectivity index (χ1v) is 13.5. The van der Waals surface area contributed by atoms with Crippen LogP contribution >= 0.6 is 39.1 Å². The summed E-state index contributed by atoms with van der Waals surface area (Å²) in [7, 11) is 3.06. The van der Waals surface area contributed by atoms with Crippen LogP contribution in [0.2, 0.25) is 10.0 Å². The predicted molar refractivity (Wildman–Crippen MR) is 160 cm³/mol. The van der Waals surface area contributed by atoms with E-state index in [-0.39, 0.29) is 6.61 Å². The average Bonchev–Trinajstić information content (AvgIpc) is 2.96. The highest BCUT2D eigenvalue weighted by Crippen LogP contribution is 2.37. The number of hydrogen-bond donors (Lipinski definition) is 1. The number of carbonyl (C=O) groups excluding carboxylic acids is 1. The molecule has 1 amide bonds. The summed E-state index contributed by atoms with van der Waals surface area (Å²) in [5.41, 5.74) is 5.36. The maximum Gasteiger partial charge on any atom is 0.271 e. The van der Waals surface area contributed by atoms with E-state index in [1.165, 1.54) is 20.4 Å². The number of nitrogens with zero attached hydrogens (tertiary/aromatic N) is 1. The van der Waals surface area contributed by atoms with Crippen molar-refractivity contribution >= 4 is 51.3 Å². The Kier molecular flexibility index (Phi) is 10.3. The number of hydrazone groups is 1. The summed E-state index contributed by atoms with van der Waals surface area (Å²) in [4.78, 5) is 12.7. The highest BCUT2D eigenvalue weighted by molar-refractivity contribution is 9.10. The molecule has 0 aromatic heterocycles. The molecule has 0 aliphatic rings. The van der Waals surface area contributed by atoms with Crippen LogP contribution in [0.4, 0.5) is 0 Å². The van der Waals surface area contributed by atoms with Crippen LogP contribution in [-0.2, 0) is 13.2 Å². The van der Waals surface area contributed by atoms with Crippen LogP contribution in [0.3, 0.4) is 0 Å². The Morgan fingerprint density at radius 1 is 0.875 bits per heavy atom. The molecule has 0 heterocycles. The first-order valence-electron chi connectivity index (χ1n) is 12.0. The number of benzene rings is 4. The second-order valence-corrected chi connectivity index (χ2v) is 10.1. The fraction of sp³-hybridized carbons (Fsp3) is 0.133. The van der Waals surface area contributed by atoms with Crippen molar-refractivity contribution in [1.82, 2.24) is 5.43 Å². The Balaban J connectivity index is 1.39. The lowest BCUT2D eigenvalue weighted by Crippen LogP contribution is -2.17. The molecule has 10 heteroatoms. The molecule has 0 unspecified atom stereocenters. The van der Waals surface area contributed by atoms with E-state index >= 15 is 0 Å². The molecular formula is C30H25BrCl2N2O5. The minimum Gasteiger partial charge on any atom is -0.493 e. The van der Waals surface area contributed by atoms with E-state index in [0.717, 1.165) is 11.1 Å². The van der Waals surface area contributed by atoms with Crippen LogP contribution in [0.1, 0.15) is 27.0 Å². The van der Waals surface area contributed by atoms with Gasteiger partial charge in [0, 0.05) is 21.2 Å². The third kappa shape index (κ3) is 7.69. The molecule has 4 aromatic rings. The fourth-order valence-electron chi connectivity index (χ4n) is 3.64. The zero-order valence-electron chi connectivity index (χ0n) is 21.6. The van der Waals surface area contributed by atoms with Gasteiger partial charge in [-0.1, -0.05) is 59.6 Å². The molecule has 4 aromatic carbocycles. The summed E-state index contributed by atoms with van der Waals surface area (Å²) in [5, 5.41) is 5.14. The molecular weight excluding hydrogens is 619 g/mol. The second kappa shape index (κ2) is 14.1. The quantitative estimate of drug-likeness (QED) is 0.134. The van der Waals surface area contributed by atoms with Crippen molar-refractivity contribution in [3.8, 4) is 23.0 Å². The Morgan fingerprint density at radius 2 is 1.65 bits per heavy atom. The van der Waals surface area contributed by atoms with Gasteiger partial charge in [0.1, 0.15) is 13.2 Å². The topological polar surface area (TPSA) is 78.4 Å². The van der Waals surface area contributed by atoms with E-state index in [1.54, 1.807) is 48.5 Å². The first-order chi connectivity index (χ1) is 19.4. The summed E-state index contributed by atoms with van der Waals surface area (Å²) in [6.07, 6.45) is 1.50. The van der Waals surface area contributed by atoms with E-state index in [2.05, 4.69) is 26.5 Å². The number of halogens is 3. The minimum absolute atomic E-state index is 0.216. The van der Waals surface area contributed by atoms with Crippen LogP contribution in [0, 0.1) is 0 Å². The van der Waals surface area contributed by atoms with E-state index in [1.807, 2.05) is 30.3 Å². The minimum atomic E-state index is -0.407. The summed E-state index contributed by atoms with van der Waals surface area (Å²) in [5.74, 6) is 1.54. The van der Waals surface area contributed by atoms with Crippen molar-refractivity contribution in [3.63, 3.8) is 0 Å². The molecule has 7 nitrogen and oxygen atoms in total. The van der Waals surface area contributed by atoms with Gasteiger partial charge in [0.25, 0.3) is 5.91 Å². The molecule has 40 heavy (non-hydrogen) atoms. The summed E-state index contributed by atoms with van der Waals surface area (Å²) in [6.45, 7) is 0.596. The molecule has 0 bridgehead atoms. The lowest BCUT2D eigenvalue weighted by Gasteiger charge is -2.14. The Labute approximate surface area is 250 Å². The number of nitrogens with one attached hydrogen (secondary N) is 1. The molecule has 0 radical (unpaired) electrons. The summed E-state index contributed by atoms with van der Waals surface area (Å²) >= 11 is 15.7. The smallest absolute Gasteiger partial charge is 0.271 e. The van der Waals surface area contributed by atoms with Crippen molar-refractivity contribution in [3.05, 3.63) is 116 Å². The van der Waals surface area contributed by atoms with Crippen molar-refractivity contribution < 1.29 is 23.7 Å². The molecule has 206 valence electrons. The van der Waals surface area contributed by atoms with Crippen LogP contribution in [0.15, 0.2) is 88.4 Å². The molecule has 1 N–H and O–H groups in total. The normalized spacial score (nSPS) is 10.8. The monoisotopic (exact) mass is 642 g/mol. The third-order valence-electron chi connectivity index (χ3n) is 5.68. The number of ether oxygens (including phenoxy) is 4. The molecule has 4 rings (SSSR count). The first kappa shape index (κ1) is 29.3. The van der Waals surface area contributed by atoms with Gasteiger partial charge in [0.2, 0.25) is 0 Å². The van der Waals surface area contributed by atoms with Gasteiger partial charge in [-0.15, -0.1) is 0 Å². The maximum absolute atomic E-state index is 12.7. The molecule has 0 atom stereocenters. The zero-order valence-corrected chi connectivity index (χ0v) is 24.7. The van der Waals surface area contributed by atoms with Gasteiger partial charge in [-0.3, -0.25) is 4.79 Å². The lowest BCUT2D eigenvalue weighted by molar-refractivity contribution is 0.0954. The van der Waals surface area contributed by atoms with Crippen LogP contribution in [0.25, 0.3) is 0 Å². The number of amides is 1. The number of carbonyl (C=O) groups is 1. The van der Waals surface area contributed by atoms with E-state index < -0.39 is 5.91 Å². The van der Waals surface area contributed by atoms with Gasteiger partial charge in [0.05, 0.1) is 24.9 Å². The Hall–Kier alpha value is -3.72. The van der Waals surface area contributed by atoms with E-state index in [9.17, 15) is 4.79 Å². The Bertz CT molecular complexity index is 1520. The molecule has 0 aliphatic carbocycles. The van der Waals surface area contributed by atoms with Crippen LogP contribution in [0.5, 0.6) is 23.0 Å². The molecule has 0 spiro atoms. The van der Waals surface area contributed by atoms with Gasteiger partial charge in [-0.05, 0) is 69.5 Å². The molecule has 0 fully saturated rings. The highest BCUT2D eigenvalue weighted by atomic mass is 79.9. The molecule has 0 saturated heterocycles. The van der Waals surface area contributed by atoms with Crippen molar-refractivity contribution in [2.75, 3.05) is 14.2 Å². The van der Waals surface area contributed by atoms with Gasteiger partial charge >= 0.3 is 0 Å². The molecule has 0 saturated carbocycles. The third-order valence-corrected chi connectivity index (χ3v) is 6.86. The maximum atomic E-state index is 12.7.